The van der Waals surface area contributed by atoms with E-state index in [9.17, 15) is 19.4 Å². The number of nitrogens with one attached hydrogen (secondary N) is 1. The molecule has 0 atom stereocenters. The Hall–Kier alpha value is -2.82. The van der Waals surface area contributed by atoms with Crippen LogP contribution in [0.2, 0.25) is 0 Å². The van der Waals surface area contributed by atoms with Crippen LogP contribution in [0.5, 0.6) is 11.5 Å². The van der Waals surface area contributed by atoms with Crippen LogP contribution in [0.15, 0.2) is 36.4 Å². The molecule has 2 aromatic rings. The van der Waals surface area contributed by atoms with Gasteiger partial charge in [0.05, 0.1) is 5.69 Å². The molecule has 1 aliphatic rings. The third-order valence-electron chi connectivity index (χ3n) is 3.10. The van der Waals surface area contributed by atoms with E-state index in [-0.39, 0.29) is 28.3 Å². The largest absolute Gasteiger partial charge is 0.508 e. The second-order valence-corrected chi connectivity index (χ2v) is 4.42. The third kappa shape index (κ3) is 1.89. The van der Waals surface area contributed by atoms with Crippen molar-refractivity contribution in [2.75, 3.05) is 5.32 Å². The number of amides is 1. The zero-order valence-electron chi connectivity index (χ0n) is 10.2. The Morgan fingerprint density at radius 3 is 2.75 bits per heavy atom. The van der Waals surface area contributed by atoms with Crippen molar-refractivity contribution in [1.29, 1.82) is 0 Å². The van der Waals surface area contributed by atoms with Gasteiger partial charge in [-0.15, -0.1) is 0 Å². The number of rotatable bonds is 1. The lowest BCUT2D eigenvalue weighted by Crippen LogP contribution is -2.04. The lowest BCUT2D eigenvalue weighted by molar-refractivity contribution is -0.110. The topological polar surface area (TPSA) is 69.6 Å². The van der Waals surface area contributed by atoms with Crippen LogP contribution in [0.4, 0.5) is 10.1 Å². The molecule has 0 bridgehead atoms. The van der Waals surface area contributed by atoms with Gasteiger partial charge in [0.2, 0.25) is 0 Å². The first-order valence-corrected chi connectivity index (χ1v) is 5.90. The van der Waals surface area contributed by atoms with Gasteiger partial charge < -0.3 is 15.5 Å². The Bertz CT molecular complexity index is 753. The number of benzene rings is 2. The fourth-order valence-electron chi connectivity index (χ4n) is 2.14. The van der Waals surface area contributed by atoms with Gasteiger partial charge in [-0.1, -0.05) is 12.1 Å². The van der Waals surface area contributed by atoms with Crippen molar-refractivity contribution in [3.63, 3.8) is 0 Å². The van der Waals surface area contributed by atoms with E-state index in [2.05, 4.69) is 5.32 Å². The Labute approximate surface area is 113 Å². The summed E-state index contributed by atoms with van der Waals surface area (Å²) in [6.07, 6.45) is 1.41. The lowest BCUT2D eigenvalue weighted by atomic mass is 10.0. The van der Waals surface area contributed by atoms with Gasteiger partial charge in [-0.25, -0.2) is 4.39 Å². The summed E-state index contributed by atoms with van der Waals surface area (Å²) in [6.45, 7) is 0. The molecule has 1 aliphatic heterocycles. The van der Waals surface area contributed by atoms with Gasteiger partial charge in [0.25, 0.3) is 5.91 Å². The minimum Gasteiger partial charge on any atom is -0.508 e. The fraction of sp³-hybridized carbons (Fsp3) is 0. The maximum Gasteiger partial charge on any atom is 0.256 e. The highest BCUT2D eigenvalue weighted by Crippen LogP contribution is 2.36. The summed E-state index contributed by atoms with van der Waals surface area (Å²) in [5, 5.41) is 21.6. The zero-order valence-corrected chi connectivity index (χ0v) is 10.2. The fourth-order valence-corrected chi connectivity index (χ4v) is 2.14. The smallest absolute Gasteiger partial charge is 0.256 e. The SMILES string of the molecule is O=C1Nc2c(F)cccc2/C1=C\c1cc(O)ccc1O. The van der Waals surface area contributed by atoms with E-state index in [0.29, 0.717) is 5.56 Å². The van der Waals surface area contributed by atoms with Crippen molar-refractivity contribution in [2.45, 2.75) is 0 Å². The summed E-state index contributed by atoms with van der Waals surface area (Å²) in [5.41, 5.74) is 1.08. The van der Waals surface area contributed by atoms with Gasteiger partial charge >= 0.3 is 0 Å². The van der Waals surface area contributed by atoms with Gasteiger partial charge in [-0.05, 0) is 30.3 Å². The monoisotopic (exact) mass is 271 g/mol. The predicted molar refractivity (Wildman–Crippen MR) is 72.7 cm³/mol. The number of anilines is 1. The number of hydrogen-bond acceptors (Lipinski definition) is 3. The number of aromatic hydroxyl groups is 2. The molecule has 0 unspecified atom stereocenters. The van der Waals surface area contributed by atoms with Crippen molar-refractivity contribution in [1.82, 2.24) is 0 Å². The van der Waals surface area contributed by atoms with Crippen molar-refractivity contribution < 1.29 is 19.4 Å². The van der Waals surface area contributed by atoms with Crippen LogP contribution in [-0.4, -0.2) is 16.1 Å². The van der Waals surface area contributed by atoms with Gasteiger partial charge in [-0.3, -0.25) is 4.79 Å². The highest BCUT2D eigenvalue weighted by molar-refractivity contribution is 6.35. The van der Waals surface area contributed by atoms with Crippen LogP contribution in [0.25, 0.3) is 11.6 Å². The Balaban J connectivity index is 2.16. The molecule has 3 rings (SSSR count). The molecule has 0 spiro atoms. The molecular weight excluding hydrogens is 261 g/mol. The van der Waals surface area contributed by atoms with E-state index in [4.69, 9.17) is 0 Å². The van der Waals surface area contributed by atoms with Crippen molar-refractivity contribution >= 4 is 23.2 Å². The molecule has 20 heavy (non-hydrogen) atoms. The van der Waals surface area contributed by atoms with E-state index in [1.54, 1.807) is 6.07 Å². The highest BCUT2D eigenvalue weighted by atomic mass is 19.1. The zero-order chi connectivity index (χ0) is 14.3. The maximum atomic E-state index is 13.6. The van der Waals surface area contributed by atoms with Gasteiger partial charge in [0.15, 0.2) is 0 Å². The molecule has 100 valence electrons. The maximum absolute atomic E-state index is 13.6. The number of carbonyl (C=O) groups excluding carboxylic acids is 1. The molecule has 4 nitrogen and oxygen atoms in total. The predicted octanol–water partition coefficient (Wildman–Crippen LogP) is 2.73. The van der Waals surface area contributed by atoms with Crippen molar-refractivity contribution in [2.24, 2.45) is 0 Å². The van der Waals surface area contributed by atoms with Crippen LogP contribution in [0.3, 0.4) is 0 Å². The van der Waals surface area contributed by atoms with E-state index >= 15 is 0 Å². The van der Waals surface area contributed by atoms with Gasteiger partial charge in [-0.2, -0.15) is 0 Å². The second-order valence-electron chi connectivity index (χ2n) is 4.42. The molecule has 2 aromatic carbocycles. The lowest BCUT2D eigenvalue weighted by Gasteiger charge is -2.02. The first kappa shape index (κ1) is 12.2. The number of phenols is 2. The molecule has 0 saturated carbocycles. The Morgan fingerprint density at radius 1 is 1.15 bits per heavy atom. The van der Waals surface area contributed by atoms with E-state index in [1.807, 2.05) is 0 Å². The molecule has 1 heterocycles. The molecule has 1 amide bonds. The summed E-state index contributed by atoms with van der Waals surface area (Å²) in [4.78, 5) is 11.9. The van der Waals surface area contributed by atoms with Crippen LogP contribution in [0.1, 0.15) is 11.1 Å². The number of phenolic OH excluding ortho intramolecular Hbond substituents is 2. The third-order valence-corrected chi connectivity index (χ3v) is 3.10. The van der Waals surface area contributed by atoms with Crippen LogP contribution in [0, 0.1) is 5.82 Å². The molecule has 0 aromatic heterocycles. The average Bonchev–Trinajstić information content (AvgIpc) is 2.73. The van der Waals surface area contributed by atoms with Crippen LogP contribution >= 0.6 is 0 Å². The number of fused-ring (bicyclic) bond motifs is 1. The standard InChI is InChI=1S/C15H10FNO3/c16-12-3-1-2-10-11(15(20)17-14(10)12)7-8-6-9(18)4-5-13(8)19/h1-7,18-19H,(H,17,20)/b11-7+. The molecule has 0 aliphatic carbocycles. The summed E-state index contributed by atoms with van der Waals surface area (Å²) in [7, 11) is 0. The molecule has 5 heteroatoms. The number of para-hydroxylation sites is 1. The molecular formula is C15H10FNO3. The molecule has 3 N–H and O–H groups in total. The van der Waals surface area contributed by atoms with Crippen molar-refractivity contribution in [3.05, 3.63) is 53.3 Å². The summed E-state index contributed by atoms with van der Waals surface area (Å²) < 4.78 is 13.6. The van der Waals surface area contributed by atoms with Gasteiger partial charge in [0, 0.05) is 16.7 Å². The normalized spacial score (nSPS) is 15.2. The van der Waals surface area contributed by atoms with Crippen molar-refractivity contribution in [3.8, 4) is 11.5 Å². The molecule has 0 fully saturated rings. The second kappa shape index (κ2) is 4.38. The van der Waals surface area contributed by atoms with Gasteiger partial charge in [0.1, 0.15) is 17.3 Å². The minimum absolute atomic E-state index is 0.0347. The number of hydrogen-bond donors (Lipinski definition) is 3. The molecule has 0 radical (unpaired) electrons. The number of halogens is 1. The van der Waals surface area contributed by atoms with E-state index in [1.165, 1.54) is 36.4 Å². The first-order valence-electron chi connectivity index (χ1n) is 5.90. The quantitative estimate of drug-likeness (QED) is 0.551. The average molecular weight is 271 g/mol. The summed E-state index contributed by atoms with van der Waals surface area (Å²) >= 11 is 0. The highest BCUT2D eigenvalue weighted by Gasteiger charge is 2.26. The Kier molecular flexibility index (Phi) is 2.68. The minimum atomic E-state index is -0.514. The first-order chi connectivity index (χ1) is 9.56. The van der Waals surface area contributed by atoms with Crippen LogP contribution < -0.4 is 5.32 Å². The Morgan fingerprint density at radius 2 is 1.95 bits per heavy atom. The summed E-state index contributed by atoms with van der Waals surface area (Å²) in [6, 6.07) is 8.36. The van der Waals surface area contributed by atoms with E-state index < -0.39 is 11.7 Å². The molecule has 0 saturated heterocycles. The summed E-state index contributed by atoms with van der Waals surface area (Å²) in [5.74, 6) is -1.08. The van der Waals surface area contributed by atoms with Crippen LogP contribution in [-0.2, 0) is 4.79 Å². The van der Waals surface area contributed by atoms with E-state index in [0.717, 1.165) is 0 Å². The number of carbonyl (C=O) groups is 1.